The molecule has 0 aromatic heterocycles. The van der Waals surface area contributed by atoms with E-state index in [0.29, 0.717) is 11.6 Å². The molecule has 9 heteroatoms. The van der Waals surface area contributed by atoms with Crippen molar-refractivity contribution in [3.05, 3.63) is 59.1 Å². The van der Waals surface area contributed by atoms with Crippen molar-refractivity contribution in [2.24, 2.45) is 0 Å². The second kappa shape index (κ2) is 8.94. The molecule has 1 heterocycles. The lowest BCUT2D eigenvalue weighted by Crippen LogP contribution is -2.50. The van der Waals surface area contributed by atoms with Gasteiger partial charge in [0.15, 0.2) is 0 Å². The van der Waals surface area contributed by atoms with Gasteiger partial charge in [0.25, 0.3) is 0 Å². The van der Waals surface area contributed by atoms with Gasteiger partial charge in [-0.1, -0.05) is 29.8 Å². The number of rotatable bonds is 6. The highest BCUT2D eigenvalue weighted by Crippen LogP contribution is 2.27. The molecule has 2 aromatic rings. The summed E-state index contributed by atoms with van der Waals surface area (Å²) in [5.74, 6) is -0.820. The van der Waals surface area contributed by atoms with Gasteiger partial charge in [-0.05, 0) is 55.7 Å². The van der Waals surface area contributed by atoms with Crippen molar-refractivity contribution < 1.29 is 18.0 Å². The number of fused-ring (bicyclic) bond motifs is 1. The molecule has 29 heavy (non-hydrogen) atoms. The van der Waals surface area contributed by atoms with Gasteiger partial charge in [-0.3, -0.25) is 9.59 Å². The highest BCUT2D eigenvalue weighted by molar-refractivity contribution is 7.89. The predicted octanol–water partition coefficient (Wildman–Crippen LogP) is 2.10. The molecule has 0 bridgehead atoms. The Morgan fingerprint density at radius 3 is 2.55 bits per heavy atom. The number of anilines is 1. The maximum Gasteiger partial charge on any atom is 0.249 e. The Morgan fingerprint density at radius 2 is 1.83 bits per heavy atom. The van der Waals surface area contributed by atoms with Crippen molar-refractivity contribution in [2.45, 2.75) is 30.7 Å². The van der Waals surface area contributed by atoms with Crippen LogP contribution in [0.15, 0.2) is 53.4 Å². The zero-order valence-corrected chi connectivity index (χ0v) is 17.5. The lowest BCUT2D eigenvalue weighted by atomic mass is 10.0. The number of carbonyl (C=O) groups is 2. The molecule has 0 radical (unpaired) electrons. The van der Waals surface area contributed by atoms with Crippen LogP contribution >= 0.6 is 11.6 Å². The van der Waals surface area contributed by atoms with E-state index < -0.39 is 28.5 Å². The van der Waals surface area contributed by atoms with Gasteiger partial charge in [-0.2, -0.15) is 0 Å². The molecule has 2 amide bonds. The van der Waals surface area contributed by atoms with E-state index in [2.05, 4.69) is 10.0 Å². The predicted molar refractivity (Wildman–Crippen MR) is 111 cm³/mol. The average Bonchev–Trinajstić information content (AvgIpc) is 2.71. The maximum atomic E-state index is 12.8. The molecule has 7 nitrogen and oxygen atoms in total. The Morgan fingerprint density at radius 1 is 1.14 bits per heavy atom. The van der Waals surface area contributed by atoms with Crippen molar-refractivity contribution >= 4 is 39.1 Å². The van der Waals surface area contributed by atoms with Crippen LogP contribution in [0.25, 0.3) is 0 Å². The molecule has 1 aliphatic heterocycles. The van der Waals surface area contributed by atoms with Crippen molar-refractivity contribution in [3.63, 3.8) is 0 Å². The molecule has 1 atom stereocenters. The summed E-state index contributed by atoms with van der Waals surface area (Å²) in [5.41, 5.74) is 1.95. The molecular weight excluding hydrogens is 414 g/mol. The lowest BCUT2D eigenvalue weighted by molar-refractivity contribution is -0.126. The van der Waals surface area contributed by atoms with E-state index in [1.54, 1.807) is 11.8 Å². The number of halogens is 1. The Labute approximate surface area is 175 Å². The topological polar surface area (TPSA) is 95.6 Å². The van der Waals surface area contributed by atoms with Crippen molar-refractivity contribution in [2.75, 3.05) is 18.0 Å². The number of nitrogens with one attached hydrogen (secondary N) is 2. The number of hydrogen-bond acceptors (Lipinski definition) is 4. The average molecular weight is 436 g/mol. The summed E-state index contributed by atoms with van der Waals surface area (Å²) in [5, 5.41) is 2.97. The molecule has 2 aromatic carbocycles. The minimum atomic E-state index is -3.85. The Kier molecular flexibility index (Phi) is 6.56. The standard InChI is InChI=1S/C20H22ClN3O4S/c1-14(20(26)24-12-4-6-15-5-2-3-7-18(15)24)23-19(25)13-22-29(27,28)17-10-8-16(21)9-11-17/h2-3,5,7-11,14,22H,4,6,12-13H2,1H3,(H,23,25). The summed E-state index contributed by atoms with van der Waals surface area (Å²) in [6.07, 6.45) is 1.76. The van der Waals surface area contributed by atoms with Gasteiger partial charge < -0.3 is 10.2 Å². The summed E-state index contributed by atoms with van der Waals surface area (Å²) in [6, 6.07) is 12.5. The van der Waals surface area contributed by atoms with Gasteiger partial charge in [0.2, 0.25) is 21.8 Å². The molecule has 1 unspecified atom stereocenters. The Balaban J connectivity index is 1.58. The molecule has 0 aliphatic carbocycles. The largest absolute Gasteiger partial charge is 0.343 e. The summed E-state index contributed by atoms with van der Waals surface area (Å²) in [6.45, 7) is 1.70. The van der Waals surface area contributed by atoms with Gasteiger partial charge >= 0.3 is 0 Å². The fourth-order valence-corrected chi connectivity index (χ4v) is 4.32. The van der Waals surface area contributed by atoms with E-state index in [1.165, 1.54) is 24.3 Å². The molecule has 1 aliphatic rings. The second-order valence-corrected chi connectivity index (χ2v) is 8.99. The van der Waals surface area contributed by atoms with Crippen molar-refractivity contribution in [1.82, 2.24) is 10.0 Å². The fraction of sp³-hybridized carbons (Fsp3) is 0.300. The van der Waals surface area contributed by atoms with Crippen molar-refractivity contribution in [3.8, 4) is 0 Å². The van der Waals surface area contributed by atoms with E-state index >= 15 is 0 Å². The minimum absolute atomic E-state index is 0.00347. The summed E-state index contributed by atoms with van der Waals surface area (Å²) >= 11 is 5.76. The minimum Gasteiger partial charge on any atom is -0.343 e. The van der Waals surface area contributed by atoms with Crippen LogP contribution in [0, 0.1) is 0 Å². The third-order valence-corrected chi connectivity index (χ3v) is 6.34. The van der Waals surface area contributed by atoms with Crippen LogP contribution in [0.1, 0.15) is 18.9 Å². The van der Waals surface area contributed by atoms with Crippen LogP contribution < -0.4 is 14.9 Å². The van der Waals surface area contributed by atoms with Crippen LogP contribution in [0.5, 0.6) is 0 Å². The van der Waals surface area contributed by atoms with Gasteiger partial charge in [-0.25, -0.2) is 13.1 Å². The third kappa shape index (κ3) is 5.14. The molecular formula is C20H22ClN3O4S. The van der Waals surface area contributed by atoms with Crippen LogP contribution in [-0.2, 0) is 26.0 Å². The first-order chi connectivity index (χ1) is 13.8. The number of carbonyl (C=O) groups excluding carboxylic acids is 2. The van der Waals surface area contributed by atoms with Crippen LogP contribution in [0.3, 0.4) is 0 Å². The number of para-hydroxylation sites is 1. The molecule has 0 fully saturated rings. The number of amides is 2. The summed E-state index contributed by atoms with van der Waals surface area (Å²) in [4.78, 5) is 26.7. The number of benzene rings is 2. The fourth-order valence-electron chi connectivity index (χ4n) is 3.21. The van der Waals surface area contributed by atoms with E-state index in [4.69, 9.17) is 11.6 Å². The monoisotopic (exact) mass is 435 g/mol. The molecule has 0 saturated heterocycles. The quantitative estimate of drug-likeness (QED) is 0.726. The summed E-state index contributed by atoms with van der Waals surface area (Å²) in [7, 11) is -3.85. The molecule has 0 spiro atoms. The molecule has 3 rings (SSSR count). The lowest BCUT2D eigenvalue weighted by Gasteiger charge is -2.31. The normalized spacial score (nSPS) is 14.8. The van der Waals surface area contributed by atoms with E-state index in [1.807, 2.05) is 24.3 Å². The van der Waals surface area contributed by atoms with Gasteiger partial charge in [0.1, 0.15) is 6.04 Å². The molecule has 2 N–H and O–H groups in total. The Hall–Kier alpha value is -2.42. The molecule has 0 saturated carbocycles. The summed E-state index contributed by atoms with van der Waals surface area (Å²) < 4.78 is 26.7. The highest BCUT2D eigenvalue weighted by Gasteiger charge is 2.27. The smallest absolute Gasteiger partial charge is 0.249 e. The first kappa shape index (κ1) is 21.3. The Bertz CT molecular complexity index is 1010. The van der Waals surface area contributed by atoms with Crippen molar-refractivity contribution in [1.29, 1.82) is 0 Å². The first-order valence-electron chi connectivity index (χ1n) is 9.22. The number of hydrogen-bond donors (Lipinski definition) is 2. The van der Waals surface area contributed by atoms with E-state index in [9.17, 15) is 18.0 Å². The van der Waals surface area contributed by atoms with Gasteiger partial charge in [0.05, 0.1) is 11.4 Å². The molecule has 154 valence electrons. The van der Waals surface area contributed by atoms with Crippen LogP contribution in [0.4, 0.5) is 5.69 Å². The zero-order valence-electron chi connectivity index (χ0n) is 15.9. The maximum absolute atomic E-state index is 12.8. The number of nitrogens with zero attached hydrogens (tertiary/aromatic N) is 1. The zero-order chi connectivity index (χ0) is 21.0. The van der Waals surface area contributed by atoms with Crippen LogP contribution in [0.2, 0.25) is 5.02 Å². The van der Waals surface area contributed by atoms with Gasteiger partial charge in [0, 0.05) is 17.3 Å². The van der Waals surface area contributed by atoms with Gasteiger partial charge in [-0.15, -0.1) is 0 Å². The third-order valence-electron chi connectivity index (χ3n) is 4.67. The van der Waals surface area contributed by atoms with E-state index in [0.717, 1.165) is 24.1 Å². The van der Waals surface area contributed by atoms with Crippen LogP contribution in [-0.4, -0.2) is 39.4 Å². The second-order valence-electron chi connectivity index (χ2n) is 6.79. The number of aryl methyl sites for hydroxylation is 1. The first-order valence-corrected chi connectivity index (χ1v) is 11.1. The number of sulfonamides is 1. The highest BCUT2D eigenvalue weighted by atomic mass is 35.5. The SMILES string of the molecule is CC(NC(=O)CNS(=O)(=O)c1ccc(Cl)cc1)C(=O)N1CCCc2ccccc21. The van der Waals surface area contributed by atoms with E-state index in [-0.39, 0.29) is 10.8 Å².